The van der Waals surface area contributed by atoms with Gasteiger partial charge in [0.2, 0.25) is 0 Å². The van der Waals surface area contributed by atoms with Crippen LogP contribution in [-0.4, -0.2) is 11.2 Å². The Bertz CT molecular complexity index is 431. The Hall–Kier alpha value is -0.390. The van der Waals surface area contributed by atoms with Gasteiger partial charge in [0.1, 0.15) is 0 Å². The minimum absolute atomic E-state index is 0.251. The fourth-order valence-electron chi connectivity index (χ4n) is 2.72. The largest absolute Gasteiger partial charge is 0.388 e. The summed E-state index contributed by atoms with van der Waals surface area (Å²) in [7, 11) is 2.88. The fraction of sp³-hybridized carbons (Fsp3) is 0.684. The zero-order valence-corrected chi connectivity index (χ0v) is 15.6. The average molecular weight is 308 g/mol. The van der Waals surface area contributed by atoms with E-state index in [2.05, 4.69) is 56.0 Å². The van der Waals surface area contributed by atoms with Crippen molar-refractivity contribution in [3.63, 3.8) is 0 Å². The van der Waals surface area contributed by atoms with Crippen LogP contribution in [0.4, 0.5) is 0 Å². The van der Waals surface area contributed by atoms with Gasteiger partial charge in [-0.05, 0) is 62.8 Å². The van der Waals surface area contributed by atoms with Gasteiger partial charge >= 0.3 is 0 Å². The van der Waals surface area contributed by atoms with E-state index in [0.29, 0.717) is 0 Å². The van der Waals surface area contributed by atoms with Crippen molar-refractivity contribution in [3.05, 3.63) is 34.2 Å². The van der Waals surface area contributed by atoms with E-state index in [1.165, 1.54) is 41.3 Å². The summed E-state index contributed by atoms with van der Waals surface area (Å²) in [6, 6.07) is 0. The third-order valence-electron chi connectivity index (χ3n) is 4.95. The summed E-state index contributed by atoms with van der Waals surface area (Å²) < 4.78 is 0. The highest BCUT2D eigenvalue weighted by Crippen LogP contribution is 2.36. The molecule has 0 spiro atoms. The molecule has 4 unspecified atom stereocenters. The average Bonchev–Trinajstić information content (AvgIpc) is 2.47. The Morgan fingerprint density at radius 3 is 2.71 bits per heavy atom. The third-order valence-corrected chi connectivity index (χ3v) is 5.78. The number of hydrogen-bond acceptors (Lipinski definition) is 1. The fourth-order valence-corrected chi connectivity index (χ4v) is 3.22. The van der Waals surface area contributed by atoms with E-state index in [4.69, 9.17) is 0 Å². The van der Waals surface area contributed by atoms with Crippen molar-refractivity contribution in [2.24, 2.45) is 11.8 Å². The van der Waals surface area contributed by atoms with Crippen LogP contribution in [0.15, 0.2) is 34.2 Å². The maximum absolute atomic E-state index is 10.1. The molecule has 21 heavy (non-hydrogen) atoms. The van der Waals surface area contributed by atoms with Crippen molar-refractivity contribution in [1.82, 2.24) is 0 Å². The Kier molecular flexibility index (Phi) is 7.92. The van der Waals surface area contributed by atoms with Crippen molar-refractivity contribution in [2.45, 2.75) is 72.8 Å². The molecule has 0 bridgehead atoms. The summed E-state index contributed by atoms with van der Waals surface area (Å²) in [5.74, 6) is 0.988. The number of aliphatic hydroxyl groups excluding tert-OH is 1. The number of hydrogen-bond donors (Lipinski definition) is 1. The van der Waals surface area contributed by atoms with Gasteiger partial charge in [0.15, 0.2) is 0 Å². The molecule has 0 aromatic rings. The summed E-state index contributed by atoms with van der Waals surface area (Å²) in [5.41, 5.74) is 4.15. The van der Waals surface area contributed by atoms with Gasteiger partial charge in [0, 0.05) is 5.92 Å². The molecule has 1 aliphatic carbocycles. The second kappa shape index (κ2) is 8.91. The molecule has 1 aliphatic rings. The highest BCUT2D eigenvalue weighted by Gasteiger charge is 2.22. The summed E-state index contributed by atoms with van der Waals surface area (Å²) in [5, 5.41) is 11.4. The first-order valence-corrected chi connectivity index (χ1v) is 8.95. The van der Waals surface area contributed by atoms with Gasteiger partial charge in [-0.1, -0.05) is 44.1 Å². The van der Waals surface area contributed by atoms with E-state index in [0.717, 1.165) is 18.8 Å². The van der Waals surface area contributed by atoms with Crippen LogP contribution >= 0.6 is 9.24 Å². The highest BCUT2D eigenvalue weighted by atomic mass is 31.0. The van der Waals surface area contributed by atoms with Crippen LogP contribution in [0.5, 0.6) is 0 Å². The van der Waals surface area contributed by atoms with Gasteiger partial charge in [0.05, 0.1) is 6.10 Å². The molecular formula is C19H33OP. The minimum Gasteiger partial charge on any atom is -0.388 e. The lowest BCUT2D eigenvalue weighted by Gasteiger charge is -2.27. The lowest BCUT2D eigenvalue weighted by molar-refractivity contribution is 0.176. The van der Waals surface area contributed by atoms with Crippen LogP contribution in [-0.2, 0) is 0 Å². The van der Waals surface area contributed by atoms with E-state index >= 15 is 0 Å². The van der Waals surface area contributed by atoms with E-state index in [1.54, 1.807) is 0 Å². The lowest BCUT2D eigenvalue weighted by atomic mass is 9.85. The van der Waals surface area contributed by atoms with Gasteiger partial charge < -0.3 is 5.11 Å². The minimum atomic E-state index is -0.310. The number of allylic oxidation sites excluding steroid dienone is 4. The van der Waals surface area contributed by atoms with E-state index in [1.807, 2.05) is 0 Å². The third kappa shape index (κ3) is 5.72. The predicted octanol–water partition coefficient (Wildman–Crippen LogP) is 5.63. The topological polar surface area (TPSA) is 20.2 Å². The summed E-state index contributed by atoms with van der Waals surface area (Å²) in [4.78, 5) is 0. The zero-order valence-electron chi connectivity index (χ0n) is 14.4. The molecule has 0 aliphatic heterocycles. The van der Waals surface area contributed by atoms with Crippen molar-refractivity contribution in [2.75, 3.05) is 0 Å². The molecule has 1 N–H and O–H groups in total. The maximum atomic E-state index is 10.1. The Balaban J connectivity index is 2.46. The van der Waals surface area contributed by atoms with E-state index < -0.39 is 0 Å². The van der Waals surface area contributed by atoms with Gasteiger partial charge in [-0.25, -0.2) is 0 Å². The van der Waals surface area contributed by atoms with Crippen molar-refractivity contribution < 1.29 is 5.11 Å². The molecular weight excluding hydrogens is 275 g/mol. The smallest absolute Gasteiger partial charge is 0.0789 e. The second-order valence-electron chi connectivity index (χ2n) is 6.69. The van der Waals surface area contributed by atoms with Crippen LogP contribution in [0.2, 0.25) is 0 Å². The Morgan fingerprint density at radius 1 is 1.43 bits per heavy atom. The van der Waals surface area contributed by atoms with Gasteiger partial charge in [-0.2, -0.15) is 0 Å². The van der Waals surface area contributed by atoms with E-state index in [9.17, 15) is 5.11 Å². The molecule has 120 valence electrons. The first-order chi connectivity index (χ1) is 9.86. The van der Waals surface area contributed by atoms with Gasteiger partial charge in [-0.3, -0.25) is 0 Å². The zero-order chi connectivity index (χ0) is 16.0. The highest BCUT2D eigenvalue weighted by molar-refractivity contribution is 7.23. The predicted molar refractivity (Wildman–Crippen MR) is 97.3 cm³/mol. The summed E-state index contributed by atoms with van der Waals surface area (Å²) in [6.45, 7) is 11.0. The lowest BCUT2D eigenvalue weighted by Crippen LogP contribution is -2.21. The van der Waals surface area contributed by atoms with Crippen LogP contribution in [0.25, 0.3) is 0 Å². The first-order valence-electron chi connectivity index (χ1n) is 8.37. The number of rotatable bonds is 7. The molecule has 0 amide bonds. The molecule has 1 nitrogen and oxygen atoms in total. The SMILES string of the molecule is CC/C(C)=C/CCC(C)CCC1=CC(O)C(C)C(C)=C1P. The molecule has 1 rings (SSSR count). The second-order valence-corrected chi connectivity index (χ2v) is 7.27. The van der Waals surface area contributed by atoms with E-state index in [-0.39, 0.29) is 12.0 Å². The van der Waals surface area contributed by atoms with Crippen LogP contribution < -0.4 is 0 Å². The molecule has 0 saturated heterocycles. The Labute approximate surface area is 133 Å². The van der Waals surface area contributed by atoms with Gasteiger partial charge in [-0.15, -0.1) is 9.24 Å². The molecule has 0 aromatic heterocycles. The molecule has 0 radical (unpaired) electrons. The first kappa shape index (κ1) is 18.7. The molecule has 0 heterocycles. The van der Waals surface area contributed by atoms with Gasteiger partial charge in [0.25, 0.3) is 0 Å². The van der Waals surface area contributed by atoms with Crippen LogP contribution in [0.1, 0.15) is 66.7 Å². The van der Waals surface area contributed by atoms with Crippen molar-refractivity contribution >= 4 is 9.24 Å². The summed E-state index contributed by atoms with van der Waals surface area (Å²) in [6.07, 6.45) is 10.0. The standard InChI is InChI=1S/C19H33OP/c1-6-13(2)8-7-9-14(3)10-11-17-12-18(20)15(4)16(5)19(17)21/h8,12,14-15,18,20H,6-7,9-11,21H2,1-5H3/b13-8+. The normalized spacial score (nSPS) is 25.1. The maximum Gasteiger partial charge on any atom is 0.0789 e. The number of aliphatic hydroxyl groups is 1. The van der Waals surface area contributed by atoms with Crippen molar-refractivity contribution in [1.29, 1.82) is 0 Å². The molecule has 4 atom stereocenters. The van der Waals surface area contributed by atoms with Crippen LogP contribution in [0.3, 0.4) is 0 Å². The summed E-state index contributed by atoms with van der Waals surface area (Å²) >= 11 is 0. The molecule has 0 fully saturated rings. The molecule has 0 saturated carbocycles. The molecule has 0 aromatic carbocycles. The Morgan fingerprint density at radius 2 is 2.10 bits per heavy atom. The van der Waals surface area contributed by atoms with Crippen molar-refractivity contribution in [3.8, 4) is 0 Å². The quantitative estimate of drug-likeness (QED) is 0.477. The monoisotopic (exact) mass is 308 g/mol. The van der Waals surface area contributed by atoms with Crippen LogP contribution in [0, 0.1) is 11.8 Å². The molecule has 2 heteroatoms.